The SMILES string of the molecule is COc1cncc(C(N)c2cc(Cl)sc2Cl)c1. The zero-order valence-electron chi connectivity index (χ0n) is 8.98. The van der Waals surface area contributed by atoms with Gasteiger partial charge in [-0.1, -0.05) is 23.2 Å². The van der Waals surface area contributed by atoms with Gasteiger partial charge in [0.25, 0.3) is 0 Å². The molecule has 90 valence electrons. The highest BCUT2D eigenvalue weighted by Gasteiger charge is 2.16. The topological polar surface area (TPSA) is 48.1 Å². The molecule has 1 atom stereocenters. The Kier molecular flexibility index (Phi) is 3.89. The molecule has 2 aromatic rings. The Morgan fingerprint density at radius 3 is 2.71 bits per heavy atom. The van der Waals surface area contributed by atoms with Crippen molar-refractivity contribution in [3.8, 4) is 5.75 Å². The number of methoxy groups -OCH3 is 1. The molecule has 2 N–H and O–H groups in total. The van der Waals surface area contributed by atoms with Gasteiger partial charge in [0, 0.05) is 11.8 Å². The van der Waals surface area contributed by atoms with Crippen molar-refractivity contribution in [3.63, 3.8) is 0 Å². The van der Waals surface area contributed by atoms with Gasteiger partial charge in [-0.2, -0.15) is 0 Å². The summed E-state index contributed by atoms with van der Waals surface area (Å²) in [5.41, 5.74) is 7.76. The first kappa shape index (κ1) is 12.6. The predicted octanol–water partition coefficient (Wildman–Crippen LogP) is 3.51. The highest BCUT2D eigenvalue weighted by molar-refractivity contribution is 7.20. The number of rotatable bonds is 3. The summed E-state index contributed by atoms with van der Waals surface area (Å²) in [7, 11) is 1.58. The van der Waals surface area contributed by atoms with E-state index < -0.39 is 0 Å². The molecule has 0 saturated heterocycles. The molecule has 0 bridgehead atoms. The van der Waals surface area contributed by atoms with Gasteiger partial charge in [-0.05, 0) is 17.7 Å². The van der Waals surface area contributed by atoms with Gasteiger partial charge in [0.1, 0.15) is 5.75 Å². The van der Waals surface area contributed by atoms with E-state index in [1.54, 1.807) is 25.6 Å². The molecular weight excluding hydrogens is 279 g/mol. The molecular formula is C11H10Cl2N2OS. The third-order valence-electron chi connectivity index (χ3n) is 2.35. The van der Waals surface area contributed by atoms with Crippen LogP contribution in [0.25, 0.3) is 0 Å². The second-order valence-corrected chi connectivity index (χ2v) is 5.70. The van der Waals surface area contributed by atoms with Crippen LogP contribution in [0.2, 0.25) is 8.67 Å². The molecule has 1 unspecified atom stereocenters. The molecule has 0 amide bonds. The van der Waals surface area contributed by atoms with Crippen molar-refractivity contribution in [1.82, 2.24) is 4.98 Å². The predicted molar refractivity (Wildman–Crippen MR) is 71.2 cm³/mol. The first-order chi connectivity index (χ1) is 8.11. The molecule has 0 aromatic carbocycles. The fraction of sp³-hybridized carbons (Fsp3) is 0.182. The molecule has 3 nitrogen and oxygen atoms in total. The highest BCUT2D eigenvalue weighted by atomic mass is 35.5. The summed E-state index contributed by atoms with van der Waals surface area (Å²) >= 11 is 13.3. The summed E-state index contributed by atoms with van der Waals surface area (Å²) < 4.78 is 6.33. The fourth-order valence-electron chi connectivity index (χ4n) is 1.46. The van der Waals surface area contributed by atoms with E-state index >= 15 is 0 Å². The number of nitrogens with zero attached hydrogens (tertiary/aromatic N) is 1. The Morgan fingerprint density at radius 2 is 2.12 bits per heavy atom. The molecule has 0 fully saturated rings. The number of aromatic nitrogens is 1. The van der Waals surface area contributed by atoms with E-state index in [9.17, 15) is 0 Å². The van der Waals surface area contributed by atoms with Crippen LogP contribution in [-0.2, 0) is 0 Å². The lowest BCUT2D eigenvalue weighted by Gasteiger charge is -2.11. The molecule has 17 heavy (non-hydrogen) atoms. The fourth-order valence-corrected chi connectivity index (χ4v) is 3.01. The Hall–Kier alpha value is -0.810. The van der Waals surface area contributed by atoms with Gasteiger partial charge in [0.05, 0.1) is 28.0 Å². The van der Waals surface area contributed by atoms with Crippen molar-refractivity contribution in [2.75, 3.05) is 7.11 Å². The zero-order chi connectivity index (χ0) is 12.4. The molecule has 0 spiro atoms. The lowest BCUT2D eigenvalue weighted by atomic mass is 10.0. The summed E-state index contributed by atoms with van der Waals surface area (Å²) in [6.45, 7) is 0. The van der Waals surface area contributed by atoms with E-state index in [1.165, 1.54) is 11.3 Å². The Labute approximate surface area is 113 Å². The van der Waals surface area contributed by atoms with E-state index in [4.69, 9.17) is 33.7 Å². The van der Waals surface area contributed by atoms with Crippen LogP contribution in [-0.4, -0.2) is 12.1 Å². The first-order valence-corrected chi connectivity index (χ1v) is 6.38. The smallest absolute Gasteiger partial charge is 0.137 e. The number of ether oxygens (including phenoxy) is 1. The molecule has 2 heterocycles. The quantitative estimate of drug-likeness (QED) is 0.940. The second-order valence-electron chi connectivity index (χ2n) is 3.42. The monoisotopic (exact) mass is 288 g/mol. The molecule has 0 aliphatic heterocycles. The molecule has 0 aliphatic carbocycles. The molecule has 0 saturated carbocycles. The molecule has 0 radical (unpaired) electrons. The van der Waals surface area contributed by atoms with E-state index in [0.717, 1.165) is 11.1 Å². The van der Waals surface area contributed by atoms with Crippen molar-refractivity contribution >= 4 is 34.5 Å². The van der Waals surface area contributed by atoms with Crippen molar-refractivity contribution < 1.29 is 4.74 Å². The summed E-state index contributed by atoms with van der Waals surface area (Å²) in [5.74, 6) is 0.662. The Balaban J connectivity index is 2.36. The molecule has 2 rings (SSSR count). The van der Waals surface area contributed by atoms with Crippen LogP contribution in [0.1, 0.15) is 17.2 Å². The van der Waals surface area contributed by atoms with Crippen molar-refractivity contribution in [2.24, 2.45) is 5.73 Å². The average molecular weight is 289 g/mol. The lowest BCUT2D eigenvalue weighted by molar-refractivity contribution is 0.412. The highest BCUT2D eigenvalue weighted by Crippen LogP contribution is 2.36. The molecule has 2 aromatic heterocycles. The Morgan fingerprint density at radius 1 is 1.35 bits per heavy atom. The minimum Gasteiger partial charge on any atom is -0.495 e. The standard InChI is InChI=1S/C11H10Cl2N2OS/c1-16-7-2-6(4-15-5-7)10(14)8-3-9(12)17-11(8)13/h2-5,10H,14H2,1H3. The summed E-state index contributed by atoms with van der Waals surface area (Å²) in [6.07, 6.45) is 3.31. The van der Waals surface area contributed by atoms with Gasteiger partial charge in [0.15, 0.2) is 0 Å². The summed E-state index contributed by atoms with van der Waals surface area (Å²) in [4.78, 5) is 4.06. The van der Waals surface area contributed by atoms with E-state index in [1.807, 2.05) is 6.07 Å². The minimum absolute atomic E-state index is 0.353. The average Bonchev–Trinajstić information content (AvgIpc) is 2.67. The van der Waals surface area contributed by atoms with Crippen molar-refractivity contribution in [3.05, 3.63) is 44.3 Å². The van der Waals surface area contributed by atoms with Crippen LogP contribution in [0.4, 0.5) is 0 Å². The second kappa shape index (κ2) is 5.23. The maximum absolute atomic E-state index is 6.12. The number of thiophene rings is 1. The largest absolute Gasteiger partial charge is 0.495 e. The minimum atomic E-state index is -0.353. The number of hydrogen-bond acceptors (Lipinski definition) is 4. The third-order valence-corrected chi connectivity index (χ3v) is 3.87. The number of hydrogen-bond donors (Lipinski definition) is 1. The number of pyridine rings is 1. The zero-order valence-corrected chi connectivity index (χ0v) is 11.3. The van der Waals surface area contributed by atoms with Crippen molar-refractivity contribution in [2.45, 2.75) is 6.04 Å². The van der Waals surface area contributed by atoms with E-state index in [-0.39, 0.29) is 6.04 Å². The van der Waals surface area contributed by atoms with E-state index in [2.05, 4.69) is 4.98 Å². The van der Waals surface area contributed by atoms with Gasteiger partial charge in [0.2, 0.25) is 0 Å². The van der Waals surface area contributed by atoms with Gasteiger partial charge < -0.3 is 10.5 Å². The van der Waals surface area contributed by atoms with E-state index in [0.29, 0.717) is 14.4 Å². The Bertz CT molecular complexity index is 530. The molecule has 0 aliphatic rings. The van der Waals surface area contributed by atoms with Crippen molar-refractivity contribution in [1.29, 1.82) is 0 Å². The third kappa shape index (κ3) is 2.72. The summed E-state index contributed by atoms with van der Waals surface area (Å²) in [5, 5.41) is 0. The van der Waals surface area contributed by atoms with Crippen LogP contribution in [0.3, 0.4) is 0 Å². The maximum atomic E-state index is 6.12. The van der Waals surface area contributed by atoms with Gasteiger partial charge in [-0.15, -0.1) is 11.3 Å². The number of nitrogens with two attached hydrogens (primary N) is 1. The van der Waals surface area contributed by atoms with Crippen LogP contribution < -0.4 is 10.5 Å². The number of halogens is 2. The van der Waals surface area contributed by atoms with Crippen LogP contribution in [0, 0.1) is 0 Å². The summed E-state index contributed by atoms with van der Waals surface area (Å²) in [6, 6.07) is 3.26. The lowest BCUT2D eigenvalue weighted by Crippen LogP contribution is -2.11. The van der Waals surface area contributed by atoms with Crippen LogP contribution in [0.15, 0.2) is 24.5 Å². The van der Waals surface area contributed by atoms with Gasteiger partial charge >= 0.3 is 0 Å². The van der Waals surface area contributed by atoms with Crippen LogP contribution in [0.5, 0.6) is 5.75 Å². The van der Waals surface area contributed by atoms with Gasteiger partial charge in [-0.25, -0.2) is 0 Å². The first-order valence-electron chi connectivity index (χ1n) is 4.81. The van der Waals surface area contributed by atoms with Crippen LogP contribution >= 0.6 is 34.5 Å². The molecule has 6 heteroatoms. The maximum Gasteiger partial charge on any atom is 0.137 e. The normalized spacial score (nSPS) is 12.5. The van der Waals surface area contributed by atoms with Gasteiger partial charge in [-0.3, -0.25) is 4.98 Å².